The molecule has 1 atom stereocenters. The molecule has 0 aromatic heterocycles. The van der Waals surface area contributed by atoms with E-state index in [1.165, 1.54) is 6.21 Å². The van der Waals surface area contributed by atoms with Crippen molar-refractivity contribution in [2.75, 3.05) is 0 Å². The van der Waals surface area contributed by atoms with Crippen molar-refractivity contribution in [1.29, 1.82) is 0 Å². The van der Waals surface area contributed by atoms with E-state index < -0.39 is 11.6 Å². The van der Waals surface area contributed by atoms with Crippen molar-refractivity contribution in [2.24, 2.45) is 5.10 Å². The summed E-state index contributed by atoms with van der Waals surface area (Å²) in [5.41, 5.74) is 1.10. The van der Waals surface area contributed by atoms with Gasteiger partial charge in [-0.05, 0) is 25.8 Å². The van der Waals surface area contributed by atoms with Gasteiger partial charge in [-0.1, -0.05) is 36.8 Å². The van der Waals surface area contributed by atoms with E-state index in [1.54, 1.807) is 6.92 Å². The maximum absolute atomic E-state index is 12.1. The zero-order valence-electron chi connectivity index (χ0n) is 11.3. The average Bonchev–Trinajstić information content (AvgIpc) is 2.59. The molecule has 100 valence electrons. The maximum Gasteiger partial charge on any atom is 0.346 e. The molecule has 1 aromatic carbocycles. The second-order valence-corrected chi connectivity index (χ2v) is 4.89. The van der Waals surface area contributed by atoms with Gasteiger partial charge in [0.25, 0.3) is 5.91 Å². The highest BCUT2D eigenvalue weighted by molar-refractivity contribution is 6.07. The number of urea groups is 1. The molecule has 1 N–H and O–H groups in total. The Labute approximate surface area is 112 Å². The van der Waals surface area contributed by atoms with Crippen LogP contribution in [-0.4, -0.2) is 28.7 Å². The Kier molecular flexibility index (Phi) is 3.38. The lowest BCUT2D eigenvalue weighted by Gasteiger charge is -2.17. The average molecular weight is 259 g/mol. The standard InChI is InChI=1S/C14H17N3O2/c1-4-14(3)12(18)17(13(19)16-14)15-9-11-7-5-6-10(2)8-11/h5-9H,4H2,1-3H3,(H,16,19). The van der Waals surface area contributed by atoms with E-state index >= 15 is 0 Å². The Morgan fingerprint density at radius 2 is 2.16 bits per heavy atom. The lowest BCUT2D eigenvalue weighted by Crippen LogP contribution is -2.42. The van der Waals surface area contributed by atoms with Crippen LogP contribution in [0.25, 0.3) is 0 Å². The summed E-state index contributed by atoms with van der Waals surface area (Å²) >= 11 is 0. The van der Waals surface area contributed by atoms with Gasteiger partial charge in [0.1, 0.15) is 5.54 Å². The van der Waals surface area contributed by atoms with Crippen LogP contribution in [0.4, 0.5) is 4.79 Å². The molecule has 1 aliphatic heterocycles. The van der Waals surface area contributed by atoms with Crippen LogP contribution in [0.2, 0.25) is 0 Å². The van der Waals surface area contributed by atoms with Crippen molar-refractivity contribution in [2.45, 2.75) is 32.7 Å². The first-order chi connectivity index (χ1) is 8.96. The molecule has 3 amide bonds. The molecular weight excluding hydrogens is 242 g/mol. The summed E-state index contributed by atoms with van der Waals surface area (Å²) in [4.78, 5) is 23.8. The number of benzene rings is 1. The molecule has 2 rings (SSSR count). The zero-order valence-corrected chi connectivity index (χ0v) is 11.3. The monoisotopic (exact) mass is 259 g/mol. The van der Waals surface area contributed by atoms with E-state index in [1.807, 2.05) is 38.1 Å². The highest BCUT2D eigenvalue weighted by atomic mass is 16.2. The Hall–Kier alpha value is -2.17. The SMILES string of the molecule is CCC1(C)NC(=O)N(N=Cc2cccc(C)c2)C1=O. The first kappa shape index (κ1) is 13.3. The zero-order chi connectivity index (χ0) is 14.0. The van der Waals surface area contributed by atoms with E-state index in [9.17, 15) is 9.59 Å². The Bertz CT molecular complexity index is 553. The fourth-order valence-corrected chi connectivity index (χ4v) is 1.89. The van der Waals surface area contributed by atoms with Gasteiger partial charge in [-0.3, -0.25) is 4.79 Å². The number of imide groups is 1. The van der Waals surface area contributed by atoms with Gasteiger partial charge in [0.05, 0.1) is 6.21 Å². The number of carbonyl (C=O) groups excluding carboxylic acids is 2. The molecule has 1 aliphatic rings. The highest BCUT2D eigenvalue weighted by Crippen LogP contribution is 2.20. The lowest BCUT2D eigenvalue weighted by atomic mass is 10.00. The van der Waals surface area contributed by atoms with Gasteiger partial charge in [-0.25, -0.2) is 4.79 Å². The maximum atomic E-state index is 12.1. The molecule has 19 heavy (non-hydrogen) atoms. The topological polar surface area (TPSA) is 61.8 Å². The number of aryl methyl sites for hydroxylation is 1. The van der Waals surface area contributed by atoms with Crippen molar-refractivity contribution in [1.82, 2.24) is 10.3 Å². The number of hydrogen-bond acceptors (Lipinski definition) is 3. The van der Waals surface area contributed by atoms with Crippen molar-refractivity contribution < 1.29 is 9.59 Å². The molecule has 1 heterocycles. The summed E-state index contributed by atoms with van der Waals surface area (Å²) in [6.45, 7) is 5.53. The predicted molar refractivity (Wildman–Crippen MR) is 72.8 cm³/mol. The van der Waals surface area contributed by atoms with E-state index in [2.05, 4.69) is 10.4 Å². The molecule has 0 spiro atoms. The molecule has 5 heteroatoms. The van der Waals surface area contributed by atoms with Crippen LogP contribution in [0.5, 0.6) is 0 Å². The molecule has 1 fully saturated rings. The van der Waals surface area contributed by atoms with Gasteiger partial charge in [0.15, 0.2) is 0 Å². The van der Waals surface area contributed by atoms with Gasteiger partial charge in [0, 0.05) is 0 Å². The minimum absolute atomic E-state index is 0.316. The Balaban J connectivity index is 2.20. The first-order valence-electron chi connectivity index (χ1n) is 6.23. The third kappa shape index (κ3) is 2.50. The predicted octanol–water partition coefficient (Wildman–Crippen LogP) is 2.05. The van der Waals surface area contributed by atoms with E-state index in [0.29, 0.717) is 6.42 Å². The minimum Gasteiger partial charge on any atom is -0.322 e. The van der Waals surface area contributed by atoms with Crippen molar-refractivity contribution in [3.63, 3.8) is 0 Å². The second-order valence-electron chi connectivity index (χ2n) is 4.89. The normalized spacial score (nSPS) is 23.2. The first-order valence-corrected chi connectivity index (χ1v) is 6.23. The third-order valence-electron chi connectivity index (χ3n) is 3.31. The van der Waals surface area contributed by atoms with E-state index in [4.69, 9.17) is 0 Å². The molecule has 0 bridgehead atoms. The van der Waals surface area contributed by atoms with Crippen LogP contribution in [-0.2, 0) is 4.79 Å². The quantitative estimate of drug-likeness (QED) is 0.667. The van der Waals surface area contributed by atoms with E-state index in [-0.39, 0.29) is 5.91 Å². The summed E-state index contributed by atoms with van der Waals surface area (Å²) in [7, 11) is 0. The number of hydrazone groups is 1. The third-order valence-corrected chi connectivity index (χ3v) is 3.31. The molecule has 0 aliphatic carbocycles. The Morgan fingerprint density at radius 3 is 2.74 bits per heavy atom. The molecular formula is C14H17N3O2. The fourth-order valence-electron chi connectivity index (χ4n) is 1.89. The van der Waals surface area contributed by atoms with Gasteiger partial charge < -0.3 is 5.32 Å². The number of hydrogen-bond donors (Lipinski definition) is 1. The minimum atomic E-state index is -0.846. The summed E-state index contributed by atoms with van der Waals surface area (Å²) in [5.74, 6) is -0.316. The van der Waals surface area contributed by atoms with Crippen molar-refractivity contribution in [3.05, 3.63) is 35.4 Å². The summed E-state index contributed by atoms with van der Waals surface area (Å²) in [6.07, 6.45) is 2.06. The van der Waals surface area contributed by atoms with Gasteiger partial charge in [0.2, 0.25) is 0 Å². The number of amides is 3. The van der Waals surface area contributed by atoms with Crippen LogP contribution >= 0.6 is 0 Å². The smallest absolute Gasteiger partial charge is 0.322 e. The molecule has 1 saturated heterocycles. The van der Waals surface area contributed by atoms with Crippen LogP contribution in [0, 0.1) is 6.92 Å². The highest BCUT2D eigenvalue weighted by Gasteiger charge is 2.46. The second kappa shape index (κ2) is 4.84. The molecule has 0 radical (unpaired) electrons. The van der Waals surface area contributed by atoms with Crippen LogP contribution in [0.1, 0.15) is 31.4 Å². The molecule has 5 nitrogen and oxygen atoms in total. The number of nitrogens with one attached hydrogen (secondary N) is 1. The molecule has 0 saturated carbocycles. The summed E-state index contributed by atoms with van der Waals surface area (Å²) < 4.78 is 0. The number of nitrogens with zero attached hydrogens (tertiary/aromatic N) is 2. The van der Waals surface area contributed by atoms with Gasteiger partial charge >= 0.3 is 6.03 Å². The van der Waals surface area contributed by atoms with Crippen molar-refractivity contribution >= 4 is 18.2 Å². The van der Waals surface area contributed by atoms with Gasteiger partial charge in [-0.15, -0.1) is 5.01 Å². The van der Waals surface area contributed by atoms with Crippen LogP contribution in [0.3, 0.4) is 0 Å². The lowest BCUT2D eigenvalue weighted by molar-refractivity contribution is -0.130. The number of rotatable bonds is 3. The van der Waals surface area contributed by atoms with E-state index in [0.717, 1.165) is 16.1 Å². The largest absolute Gasteiger partial charge is 0.346 e. The van der Waals surface area contributed by atoms with Gasteiger partial charge in [-0.2, -0.15) is 5.10 Å². The molecule has 1 aromatic rings. The summed E-state index contributed by atoms with van der Waals surface area (Å²) in [6, 6.07) is 7.20. The van der Waals surface area contributed by atoms with Crippen LogP contribution in [0.15, 0.2) is 29.4 Å². The fraction of sp³-hybridized carbons (Fsp3) is 0.357. The summed E-state index contributed by atoms with van der Waals surface area (Å²) in [5, 5.41) is 7.53. The van der Waals surface area contributed by atoms with Crippen LogP contribution < -0.4 is 5.32 Å². The Morgan fingerprint density at radius 1 is 1.42 bits per heavy atom. The van der Waals surface area contributed by atoms with Crippen molar-refractivity contribution in [3.8, 4) is 0 Å². The molecule has 1 unspecified atom stereocenters. The number of carbonyl (C=O) groups is 2.